The number of hydrogen-bond donors (Lipinski definition) is 0. The van der Waals surface area contributed by atoms with Crippen molar-refractivity contribution < 1.29 is 9.16 Å². The molecule has 0 bridgehead atoms. The van der Waals surface area contributed by atoms with Gasteiger partial charge in [-0.05, 0) is 42.8 Å². The minimum atomic E-state index is -1.87. The van der Waals surface area contributed by atoms with Gasteiger partial charge in [0.15, 0.2) is 8.32 Å². The van der Waals surface area contributed by atoms with E-state index in [1.54, 1.807) is 0 Å². The van der Waals surface area contributed by atoms with Gasteiger partial charge < -0.3 is 9.16 Å². The summed E-state index contributed by atoms with van der Waals surface area (Å²) in [7, 11) is -1.87. The molecule has 1 aromatic rings. The van der Waals surface area contributed by atoms with Crippen molar-refractivity contribution >= 4 is 24.2 Å². The second-order valence-corrected chi connectivity index (χ2v) is 13.6. The van der Waals surface area contributed by atoms with E-state index in [0.717, 1.165) is 23.9 Å². The van der Waals surface area contributed by atoms with Crippen molar-refractivity contribution in [1.82, 2.24) is 0 Å². The average molecular weight is 385 g/mol. The zero-order valence-electron chi connectivity index (χ0n) is 14.7. The summed E-state index contributed by atoms with van der Waals surface area (Å²) >= 11 is 3.61. The van der Waals surface area contributed by atoms with E-state index in [-0.39, 0.29) is 16.7 Å². The molecule has 1 fully saturated rings. The molecule has 124 valence electrons. The second kappa shape index (κ2) is 6.38. The third kappa shape index (κ3) is 3.84. The molecule has 0 unspecified atom stereocenters. The van der Waals surface area contributed by atoms with E-state index in [1.807, 2.05) is 0 Å². The molecule has 2 nitrogen and oxygen atoms in total. The van der Waals surface area contributed by atoms with Crippen LogP contribution in [0.15, 0.2) is 28.7 Å². The normalized spacial score (nSPS) is 27.0. The van der Waals surface area contributed by atoms with Gasteiger partial charge in [0.1, 0.15) is 0 Å². The highest BCUT2D eigenvalue weighted by Crippen LogP contribution is 2.47. The van der Waals surface area contributed by atoms with Crippen LogP contribution in [0.2, 0.25) is 18.1 Å². The molecule has 2 rings (SSSR count). The fourth-order valence-electron chi connectivity index (χ4n) is 2.88. The van der Waals surface area contributed by atoms with Gasteiger partial charge in [-0.25, -0.2) is 0 Å². The summed E-state index contributed by atoms with van der Waals surface area (Å²) in [4.78, 5) is 0. The highest BCUT2D eigenvalue weighted by atomic mass is 79.9. The third-order valence-corrected chi connectivity index (χ3v) is 10.1. The highest BCUT2D eigenvalue weighted by Gasteiger charge is 2.47. The quantitative estimate of drug-likeness (QED) is 0.606. The molecule has 0 spiro atoms. The first kappa shape index (κ1) is 18.2. The lowest BCUT2D eigenvalue weighted by molar-refractivity contribution is -0.0931. The van der Waals surface area contributed by atoms with Crippen LogP contribution in [0.5, 0.6) is 0 Å². The predicted molar refractivity (Wildman–Crippen MR) is 98.8 cm³/mol. The zero-order chi connectivity index (χ0) is 16.6. The smallest absolute Gasteiger partial charge is 0.193 e. The lowest BCUT2D eigenvalue weighted by atomic mass is 9.84. The summed E-state index contributed by atoms with van der Waals surface area (Å²) in [6, 6.07) is 8.60. The van der Waals surface area contributed by atoms with E-state index < -0.39 is 8.32 Å². The van der Waals surface area contributed by atoms with Gasteiger partial charge in [0.05, 0.1) is 11.7 Å². The van der Waals surface area contributed by atoms with Gasteiger partial charge in [0.25, 0.3) is 0 Å². The Balaban J connectivity index is 2.43. The van der Waals surface area contributed by atoms with Gasteiger partial charge in [-0.1, -0.05) is 48.8 Å². The van der Waals surface area contributed by atoms with E-state index >= 15 is 0 Å². The van der Waals surface area contributed by atoms with Crippen LogP contribution in [0, 0.1) is 0 Å². The summed E-state index contributed by atoms with van der Waals surface area (Å²) in [5.41, 5.74) is 1.06. The first-order chi connectivity index (χ1) is 10.1. The number of halogens is 1. The fraction of sp³-hybridized carbons (Fsp3) is 0.667. The lowest BCUT2D eigenvalue weighted by Gasteiger charge is -2.49. The Morgan fingerprint density at radius 3 is 2.55 bits per heavy atom. The van der Waals surface area contributed by atoms with Gasteiger partial charge in [-0.15, -0.1) is 0 Å². The monoisotopic (exact) mass is 384 g/mol. The molecule has 1 aliphatic rings. The van der Waals surface area contributed by atoms with Crippen LogP contribution in [-0.2, 0) is 14.8 Å². The predicted octanol–water partition coefficient (Wildman–Crippen LogP) is 5.87. The maximum absolute atomic E-state index is 6.98. The Morgan fingerprint density at radius 2 is 2.00 bits per heavy atom. The van der Waals surface area contributed by atoms with Gasteiger partial charge in [0.2, 0.25) is 0 Å². The van der Waals surface area contributed by atoms with Gasteiger partial charge in [-0.2, -0.15) is 0 Å². The minimum absolute atomic E-state index is 0.202. The number of ether oxygens (including phenoxy) is 1. The number of hydrogen-bond acceptors (Lipinski definition) is 2. The van der Waals surface area contributed by atoms with E-state index in [2.05, 4.69) is 81.0 Å². The minimum Gasteiger partial charge on any atom is -0.407 e. The first-order valence-corrected chi connectivity index (χ1v) is 11.8. The molecule has 0 N–H and O–H groups in total. The molecule has 4 heteroatoms. The highest BCUT2D eigenvalue weighted by molar-refractivity contribution is 9.10. The van der Waals surface area contributed by atoms with Crippen LogP contribution in [0.3, 0.4) is 0 Å². The first-order valence-electron chi connectivity index (χ1n) is 8.14. The molecule has 22 heavy (non-hydrogen) atoms. The molecule has 1 aromatic carbocycles. The van der Waals surface area contributed by atoms with Crippen molar-refractivity contribution in [2.45, 2.75) is 70.4 Å². The fourth-order valence-corrected chi connectivity index (χ4v) is 4.86. The maximum atomic E-state index is 6.98. The summed E-state index contributed by atoms with van der Waals surface area (Å²) < 4.78 is 13.9. The van der Waals surface area contributed by atoms with Crippen molar-refractivity contribution in [3.05, 3.63) is 34.3 Å². The van der Waals surface area contributed by atoms with Crippen LogP contribution in [0.25, 0.3) is 0 Å². The van der Waals surface area contributed by atoms with Crippen molar-refractivity contribution in [1.29, 1.82) is 0 Å². The molecule has 1 heterocycles. The van der Waals surface area contributed by atoms with E-state index in [0.29, 0.717) is 0 Å². The van der Waals surface area contributed by atoms with Crippen LogP contribution in [0.4, 0.5) is 0 Å². The molecule has 0 radical (unpaired) electrons. The largest absolute Gasteiger partial charge is 0.407 e. The number of rotatable bonds is 3. The summed E-state index contributed by atoms with van der Waals surface area (Å²) in [5.74, 6) is 0. The van der Waals surface area contributed by atoms with Gasteiger partial charge >= 0.3 is 0 Å². The Bertz CT molecular complexity index is 524. The van der Waals surface area contributed by atoms with Crippen LogP contribution < -0.4 is 0 Å². The summed E-state index contributed by atoms with van der Waals surface area (Å²) in [6.07, 6.45) is 2.09. The molecule has 1 saturated heterocycles. The maximum Gasteiger partial charge on any atom is 0.193 e. The van der Waals surface area contributed by atoms with E-state index in [4.69, 9.17) is 9.16 Å². The molecular weight excluding hydrogens is 356 g/mol. The van der Waals surface area contributed by atoms with Gasteiger partial charge in [0, 0.05) is 23.9 Å². The third-order valence-electron chi connectivity index (χ3n) is 5.13. The van der Waals surface area contributed by atoms with Crippen LogP contribution >= 0.6 is 15.9 Å². The molecule has 0 aliphatic carbocycles. The second-order valence-electron chi connectivity index (χ2n) is 8.00. The molecule has 1 aliphatic heterocycles. The Hall–Kier alpha value is -0.163. The Labute approximate surface area is 144 Å². The lowest BCUT2D eigenvalue weighted by Crippen LogP contribution is -2.51. The Morgan fingerprint density at radius 1 is 1.32 bits per heavy atom. The summed E-state index contributed by atoms with van der Waals surface area (Å²) in [6.45, 7) is 14.5. The van der Waals surface area contributed by atoms with E-state index in [9.17, 15) is 0 Å². The molecule has 0 amide bonds. The Kier molecular flexibility index (Phi) is 5.28. The van der Waals surface area contributed by atoms with Crippen LogP contribution in [-0.4, -0.2) is 21.0 Å². The van der Waals surface area contributed by atoms with E-state index in [1.165, 1.54) is 5.56 Å². The van der Waals surface area contributed by atoms with Crippen molar-refractivity contribution in [2.24, 2.45) is 0 Å². The molecular formula is C18H29BrO2Si. The van der Waals surface area contributed by atoms with Gasteiger partial charge in [-0.3, -0.25) is 0 Å². The average Bonchev–Trinajstić information content (AvgIpc) is 2.36. The van der Waals surface area contributed by atoms with Crippen LogP contribution in [0.1, 0.15) is 46.1 Å². The van der Waals surface area contributed by atoms with Crippen molar-refractivity contribution in [2.75, 3.05) is 6.61 Å². The standard InChI is InChI=1S/C18H29BrO2Si/c1-14-13-18(10-11-20-14,15-8-7-9-16(19)12-15)21-22(5,6)17(2,3)4/h7-9,12,14H,10-11,13H2,1-6H3/t14-,18+/m0/s1. The van der Waals surface area contributed by atoms with Crippen molar-refractivity contribution in [3.8, 4) is 0 Å². The topological polar surface area (TPSA) is 18.5 Å². The molecule has 2 atom stereocenters. The molecule has 0 aromatic heterocycles. The van der Waals surface area contributed by atoms with Crippen molar-refractivity contribution in [3.63, 3.8) is 0 Å². The number of benzene rings is 1. The SMILES string of the molecule is C[C@H]1C[C@@](O[Si](C)(C)C(C)(C)C)(c2cccc(Br)c2)CCO1. The zero-order valence-corrected chi connectivity index (χ0v) is 17.3. The molecule has 0 saturated carbocycles. The summed E-state index contributed by atoms with van der Waals surface area (Å²) in [5, 5.41) is 0.202.